The SMILES string of the molecule is CC(Cc1ccc(O)cc1)Nc1ccccc1C(=O)c1ccccc1. The van der Waals surface area contributed by atoms with Gasteiger partial charge in [0.05, 0.1) is 0 Å². The quantitative estimate of drug-likeness (QED) is 0.646. The van der Waals surface area contributed by atoms with Gasteiger partial charge in [0.2, 0.25) is 0 Å². The molecular weight excluding hydrogens is 310 g/mol. The summed E-state index contributed by atoms with van der Waals surface area (Å²) in [4.78, 5) is 12.8. The van der Waals surface area contributed by atoms with Crippen LogP contribution in [-0.4, -0.2) is 16.9 Å². The van der Waals surface area contributed by atoms with Crippen LogP contribution >= 0.6 is 0 Å². The van der Waals surface area contributed by atoms with E-state index >= 15 is 0 Å². The molecule has 3 aromatic rings. The van der Waals surface area contributed by atoms with Crippen molar-refractivity contribution in [1.29, 1.82) is 0 Å². The van der Waals surface area contributed by atoms with E-state index in [0.717, 1.165) is 17.7 Å². The highest BCUT2D eigenvalue weighted by molar-refractivity contribution is 6.12. The van der Waals surface area contributed by atoms with E-state index in [4.69, 9.17) is 0 Å². The molecule has 3 aromatic carbocycles. The van der Waals surface area contributed by atoms with E-state index in [1.54, 1.807) is 12.1 Å². The topological polar surface area (TPSA) is 49.3 Å². The van der Waals surface area contributed by atoms with Gasteiger partial charge in [-0.3, -0.25) is 4.79 Å². The molecule has 126 valence electrons. The predicted octanol–water partition coefficient (Wildman–Crippen LogP) is 4.67. The third-order valence-corrected chi connectivity index (χ3v) is 4.09. The van der Waals surface area contributed by atoms with E-state index in [0.29, 0.717) is 11.1 Å². The van der Waals surface area contributed by atoms with Crippen LogP contribution in [0.3, 0.4) is 0 Å². The number of carbonyl (C=O) groups is 1. The summed E-state index contributed by atoms with van der Waals surface area (Å²) in [6.45, 7) is 2.08. The number of carbonyl (C=O) groups excluding carboxylic acids is 1. The molecule has 3 nitrogen and oxygen atoms in total. The van der Waals surface area contributed by atoms with Crippen molar-refractivity contribution in [2.24, 2.45) is 0 Å². The molecule has 0 aliphatic heterocycles. The summed E-state index contributed by atoms with van der Waals surface area (Å²) in [5.74, 6) is 0.281. The monoisotopic (exact) mass is 331 g/mol. The molecule has 0 aromatic heterocycles. The molecule has 0 bridgehead atoms. The molecule has 1 atom stereocenters. The second-order valence-electron chi connectivity index (χ2n) is 6.16. The third kappa shape index (κ3) is 4.27. The number of anilines is 1. The lowest BCUT2D eigenvalue weighted by Crippen LogP contribution is -2.20. The summed E-state index contributed by atoms with van der Waals surface area (Å²) in [5, 5.41) is 12.8. The Bertz CT molecular complexity index is 841. The van der Waals surface area contributed by atoms with Crippen LogP contribution in [0.2, 0.25) is 0 Å². The molecule has 0 saturated heterocycles. The molecule has 0 amide bonds. The second kappa shape index (κ2) is 7.67. The molecule has 25 heavy (non-hydrogen) atoms. The maximum atomic E-state index is 12.8. The summed E-state index contributed by atoms with van der Waals surface area (Å²) in [5.41, 5.74) is 3.32. The summed E-state index contributed by atoms with van der Waals surface area (Å²) >= 11 is 0. The number of aromatic hydroxyl groups is 1. The molecule has 0 aliphatic rings. The Balaban J connectivity index is 1.76. The smallest absolute Gasteiger partial charge is 0.195 e. The van der Waals surface area contributed by atoms with Crippen molar-refractivity contribution in [1.82, 2.24) is 0 Å². The van der Waals surface area contributed by atoms with Crippen LogP contribution in [0.5, 0.6) is 5.75 Å². The number of nitrogens with one attached hydrogen (secondary N) is 1. The molecule has 1 unspecified atom stereocenters. The Morgan fingerprint density at radius 3 is 2.28 bits per heavy atom. The molecule has 0 radical (unpaired) electrons. The lowest BCUT2D eigenvalue weighted by Gasteiger charge is -2.18. The molecule has 0 heterocycles. The van der Waals surface area contributed by atoms with Gasteiger partial charge < -0.3 is 10.4 Å². The Morgan fingerprint density at radius 1 is 0.920 bits per heavy atom. The van der Waals surface area contributed by atoms with Crippen LogP contribution in [0, 0.1) is 0 Å². The number of para-hydroxylation sites is 1. The Morgan fingerprint density at radius 2 is 1.56 bits per heavy atom. The van der Waals surface area contributed by atoms with E-state index in [1.807, 2.05) is 66.7 Å². The van der Waals surface area contributed by atoms with Crippen molar-refractivity contribution in [3.63, 3.8) is 0 Å². The number of benzene rings is 3. The number of hydrogen-bond donors (Lipinski definition) is 2. The van der Waals surface area contributed by atoms with E-state index in [9.17, 15) is 9.90 Å². The fourth-order valence-electron chi connectivity index (χ4n) is 2.85. The van der Waals surface area contributed by atoms with Crippen LogP contribution in [0.15, 0.2) is 78.9 Å². The Kier molecular flexibility index (Phi) is 5.14. The van der Waals surface area contributed by atoms with Crippen LogP contribution in [0.4, 0.5) is 5.69 Å². The second-order valence-corrected chi connectivity index (χ2v) is 6.16. The zero-order chi connectivity index (χ0) is 17.6. The number of hydrogen-bond acceptors (Lipinski definition) is 3. The van der Waals surface area contributed by atoms with Crippen molar-refractivity contribution < 1.29 is 9.90 Å². The van der Waals surface area contributed by atoms with Gasteiger partial charge in [0.1, 0.15) is 5.75 Å². The average molecular weight is 331 g/mol. The highest BCUT2D eigenvalue weighted by atomic mass is 16.3. The first kappa shape index (κ1) is 16.8. The summed E-state index contributed by atoms with van der Waals surface area (Å²) in [7, 11) is 0. The lowest BCUT2D eigenvalue weighted by atomic mass is 10.0. The fourth-order valence-corrected chi connectivity index (χ4v) is 2.85. The van der Waals surface area contributed by atoms with Crippen molar-refractivity contribution in [2.45, 2.75) is 19.4 Å². The first-order chi connectivity index (χ1) is 12.1. The Hall–Kier alpha value is -3.07. The maximum Gasteiger partial charge on any atom is 0.195 e. The minimum atomic E-state index is 0.0144. The number of rotatable bonds is 6. The van der Waals surface area contributed by atoms with Crippen molar-refractivity contribution in [3.8, 4) is 5.75 Å². The standard InChI is InChI=1S/C22H21NO2/c1-16(15-17-11-13-19(24)14-12-17)23-21-10-6-5-9-20(21)22(25)18-7-3-2-4-8-18/h2-14,16,23-24H,15H2,1H3. The average Bonchev–Trinajstić information content (AvgIpc) is 2.64. The van der Waals surface area contributed by atoms with Gasteiger partial charge in [-0.15, -0.1) is 0 Å². The van der Waals surface area contributed by atoms with Crippen LogP contribution in [0.25, 0.3) is 0 Å². The third-order valence-electron chi connectivity index (χ3n) is 4.09. The fraction of sp³-hybridized carbons (Fsp3) is 0.136. The first-order valence-electron chi connectivity index (χ1n) is 8.36. The van der Waals surface area contributed by atoms with Gasteiger partial charge >= 0.3 is 0 Å². The minimum absolute atomic E-state index is 0.0144. The van der Waals surface area contributed by atoms with Gasteiger partial charge in [0.15, 0.2) is 5.78 Å². The van der Waals surface area contributed by atoms with Crippen LogP contribution in [0.1, 0.15) is 28.4 Å². The number of phenolic OH excluding ortho intramolecular Hbond substituents is 1. The molecule has 0 spiro atoms. The van der Waals surface area contributed by atoms with E-state index in [1.165, 1.54) is 0 Å². The van der Waals surface area contributed by atoms with E-state index in [2.05, 4.69) is 12.2 Å². The van der Waals surface area contributed by atoms with Crippen molar-refractivity contribution >= 4 is 11.5 Å². The zero-order valence-corrected chi connectivity index (χ0v) is 14.1. The molecular formula is C22H21NO2. The van der Waals surface area contributed by atoms with E-state index < -0.39 is 0 Å². The van der Waals surface area contributed by atoms with Crippen LogP contribution < -0.4 is 5.32 Å². The lowest BCUT2D eigenvalue weighted by molar-refractivity contribution is 0.103. The van der Waals surface area contributed by atoms with Crippen molar-refractivity contribution in [3.05, 3.63) is 95.6 Å². The molecule has 0 aliphatic carbocycles. The first-order valence-corrected chi connectivity index (χ1v) is 8.36. The zero-order valence-electron chi connectivity index (χ0n) is 14.1. The van der Waals surface area contributed by atoms with Gasteiger partial charge in [-0.2, -0.15) is 0 Å². The summed E-state index contributed by atoms with van der Waals surface area (Å²) in [6, 6.07) is 24.3. The van der Waals surface area contributed by atoms with Gasteiger partial charge in [-0.05, 0) is 43.2 Å². The van der Waals surface area contributed by atoms with E-state index in [-0.39, 0.29) is 17.6 Å². The van der Waals surface area contributed by atoms with Gasteiger partial charge in [-0.25, -0.2) is 0 Å². The summed E-state index contributed by atoms with van der Waals surface area (Å²) in [6.07, 6.45) is 0.800. The maximum absolute atomic E-state index is 12.8. The van der Waals surface area contributed by atoms with Gasteiger partial charge in [0.25, 0.3) is 0 Å². The Labute approximate surface area is 148 Å². The molecule has 0 fully saturated rings. The van der Waals surface area contributed by atoms with Gasteiger partial charge in [0, 0.05) is 22.9 Å². The van der Waals surface area contributed by atoms with Crippen molar-refractivity contribution in [2.75, 3.05) is 5.32 Å². The summed E-state index contributed by atoms with van der Waals surface area (Å²) < 4.78 is 0. The van der Waals surface area contributed by atoms with Gasteiger partial charge in [-0.1, -0.05) is 54.6 Å². The highest BCUT2D eigenvalue weighted by Gasteiger charge is 2.14. The molecule has 3 heteroatoms. The normalized spacial score (nSPS) is 11.7. The minimum Gasteiger partial charge on any atom is -0.508 e. The molecule has 3 rings (SSSR count). The molecule has 2 N–H and O–H groups in total. The highest BCUT2D eigenvalue weighted by Crippen LogP contribution is 2.21. The molecule has 0 saturated carbocycles. The largest absolute Gasteiger partial charge is 0.508 e. The predicted molar refractivity (Wildman–Crippen MR) is 101 cm³/mol. The number of ketones is 1. The van der Waals surface area contributed by atoms with Crippen LogP contribution in [-0.2, 0) is 6.42 Å². The number of phenols is 1.